The Morgan fingerprint density at radius 1 is 1.62 bits per heavy atom. The highest BCUT2D eigenvalue weighted by Crippen LogP contribution is 1.80. The van der Waals surface area contributed by atoms with E-state index in [1.54, 1.807) is 6.92 Å². The van der Waals surface area contributed by atoms with E-state index in [0.717, 1.165) is 0 Å². The number of alkyl carbamates (subject to hydrolysis) is 1. The molecule has 0 aliphatic heterocycles. The van der Waals surface area contributed by atoms with Crippen LogP contribution >= 0.6 is 0 Å². The third-order valence-corrected chi connectivity index (χ3v) is 1.04. The average molecular weight is 186 g/mol. The van der Waals surface area contributed by atoms with E-state index in [-0.39, 0.29) is 19.0 Å². The number of hydrogen-bond donors (Lipinski definition) is 2. The van der Waals surface area contributed by atoms with Gasteiger partial charge in [0.1, 0.15) is 6.61 Å². The number of carbonyl (C=O) groups is 1. The zero-order chi connectivity index (χ0) is 10.1. The summed E-state index contributed by atoms with van der Waals surface area (Å²) >= 11 is 0. The fraction of sp³-hybridized carbons (Fsp3) is 0.500. The molecule has 0 aliphatic carbocycles. The van der Waals surface area contributed by atoms with Gasteiger partial charge in [-0.2, -0.15) is 0 Å². The molecule has 13 heavy (non-hydrogen) atoms. The second-order valence-electron chi connectivity index (χ2n) is 2.10. The maximum Gasteiger partial charge on any atom is 0.407 e. The third-order valence-electron chi connectivity index (χ3n) is 1.04. The number of amides is 1. The van der Waals surface area contributed by atoms with Gasteiger partial charge in [-0.25, -0.2) is 4.79 Å². The molecule has 0 radical (unpaired) electrons. The van der Waals surface area contributed by atoms with Crippen molar-refractivity contribution in [2.75, 3.05) is 19.8 Å². The van der Waals surface area contributed by atoms with Crippen molar-refractivity contribution in [3.05, 3.63) is 12.7 Å². The zero-order valence-corrected chi connectivity index (χ0v) is 7.63. The first-order chi connectivity index (χ1) is 6.20. The Hall–Kier alpha value is -1.52. The summed E-state index contributed by atoms with van der Waals surface area (Å²) in [7, 11) is 0. The van der Waals surface area contributed by atoms with Crippen molar-refractivity contribution in [1.82, 2.24) is 5.32 Å². The summed E-state index contributed by atoms with van der Waals surface area (Å²) in [4.78, 5) is 10.8. The minimum atomic E-state index is -0.579. The number of ether oxygens (including phenoxy) is 2. The average Bonchev–Trinajstić information content (AvgIpc) is 2.12. The van der Waals surface area contributed by atoms with Gasteiger partial charge in [0.2, 0.25) is 5.90 Å². The summed E-state index contributed by atoms with van der Waals surface area (Å²) in [6.07, 6.45) is 0.886. The predicted octanol–water partition coefficient (Wildman–Crippen LogP) is 0.912. The molecule has 2 N–H and O–H groups in total. The topological polar surface area (TPSA) is 71.4 Å². The van der Waals surface area contributed by atoms with Crippen LogP contribution in [-0.2, 0) is 9.47 Å². The molecule has 0 saturated carbocycles. The maximum atomic E-state index is 10.8. The molecular weight excluding hydrogens is 172 g/mol. The molecule has 0 rings (SSSR count). The summed E-state index contributed by atoms with van der Waals surface area (Å²) in [5.41, 5.74) is 0. The van der Waals surface area contributed by atoms with Crippen molar-refractivity contribution in [2.24, 2.45) is 0 Å². The molecule has 0 aromatic rings. The van der Waals surface area contributed by atoms with Crippen LogP contribution < -0.4 is 5.32 Å². The molecule has 5 nitrogen and oxygen atoms in total. The van der Waals surface area contributed by atoms with Crippen LogP contribution in [0.2, 0.25) is 0 Å². The first-order valence-corrected chi connectivity index (χ1v) is 3.92. The van der Waals surface area contributed by atoms with Crippen LogP contribution in [0.5, 0.6) is 0 Å². The standard InChI is InChI=1S/C8H14N2O3/c1-3-5-13-8(11)10-6-7(9)12-4-2/h3,9H,1,4-6H2,2H3,(H,10,11). The smallest absolute Gasteiger partial charge is 0.407 e. The van der Waals surface area contributed by atoms with E-state index in [4.69, 9.17) is 10.1 Å². The second kappa shape index (κ2) is 7.15. The van der Waals surface area contributed by atoms with E-state index >= 15 is 0 Å². The van der Waals surface area contributed by atoms with Crippen LogP contribution in [-0.4, -0.2) is 31.7 Å². The Bertz CT molecular complexity index is 192. The molecule has 1 amide bonds. The number of hydrogen-bond acceptors (Lipinski definition) is 4. The van der Waals surface area contributed by atoms with Crippen molar-refractivity contribution >= 4 is 12.0 Å². The fourth-order valence-electron chi connectivity index (χ4n) is 0.563. The molecule has 0 aromatic carbocycles. The number of carbonyl (C=O) groups excluding carboxylic acids is 1. The Balaban J connectivity index is 3.45. The summed E-state index contributed by atoms with van der Waals surface area (Å²) < 4.78 is 9.39. The van der Waals surface area contributed by atoms with Gasteiger partial charge in [0.05, 0.1) is 13.2 Å². The van der Waals surface area contributed by atoms with E-state index in [2.05, 4.69) is 16.6 Å². The summed E-state index contributed by atoms with van der Waals surface area (Å²) in [5, 5.41) is 9.49. The molecule has 0 spiro atoms. The normalized spacial score (nSPS) is 8.69. The number of rotatable bonds is 5. The van der Waals surface area contributed by atoms with Crippen LogP contribution in [0.1, 0.15) is 6.92 Å². The molecule has 0 bridgehead atoms. The van der Waals surface area contributed by atoms with Gasteiger partial charge in [0.25, 0.3) is 0 Å². The van der Waals surface area contributed by atoms with Gasteiger partial charge in [-0.3, -0.25) is 5.41 Å². The third kappa shape index (κ3) is 6.86. The summed E-state index contributed by atoms with van der Waals surface area (Å²) in [5.74, 6) is 0.0121. The van der Waals surface area contributed by atoms with Gasteiger partial charge < -0.3 is 14.8 Å². The monoisotopic (exact) mass is 186 g/mol. The van der Waals surface area contributed by atoms with E-state index < -0.39 is 6.09 Å². The molecule has 0 fully saturated rings. The van der Waals surface area contributed by atoms with Crippen molar-refractivity contribution in [1.29, 1.82) is 5.41 Å². The molecular formula is C8H14N2O3. The van der Waals surface area contributed by atoms with Gasteiger partial charge in [0.15, 0.2) is 0 Å². The zero-order valence-electron chi connectivity index (χ0n) is 7.63. The van der Waals surface area contributed by atoms with E-state index in [9.17, 15) is 4.79 Å². The van der Waals surface area contributed by atoms with Gasteiger partial charge in [0, 0.05) is 0 Å². The van der Waals surface area contributed by atoms with Crippen molar-refractivity contribution in [3.63, 3.8) is 0 Å². The SMILES string of the molecule is C=CCOC(=O)NCC(=N)OCC. The molecule has 5 heteroatoms. The van der Waals surface area contributed by atoms with Crippen molar-refractivity contribution in [3.8, 4) is 0 Å². The predicted molar refractivity (Wildman–Crippen MR) is 48.9 cm³/mol. The maximum absolute atomic E-state index is 10.8. The van der Waals surface area contributed by atoms with E-state index in [1.165, 1.54) is 6.08 Å². The molecule has 0 saturated heterocycles. The van der Waals surface area contributed by atoms with Crippen LogP contribution in [0.25, 0.3) is 0 Å². The van der Waals surface area contributed by atoms with Gasteiger partial charge in [-0.1, -0.05) is 12.7 Å². The Kier molecular flexibility index (Phi) is 6.31. The van der Waals surface area contributed by atoms with Crippen molar-refractivity contribution < 1.29 is 14.3 Å². The molecule has 0 atom stereocenters. The Labute approximate surface area is 77.2 Å². The minimum absolute atomic E-state index is 0.0121. The van der Waals surface area contributed by atoms with E-state index in [1.807, 2.05) is 0 Å². The lowest BCUT2D eigenvalue weighted by Gasteiger charge is -2.06. The summed E-state index contributed by atoms with van der Waals surface area (Å²) in [6.45, 7) is 5.78. The lowest BCUT2D eigenvalue weighted by molar-refractivity contribution is 0.159. The number of nitrogens with one attached hydrogen (secondary N) is 2. The van der Waals surface area contributed by atoms with Crippen LogP contribution in [0.3, 0.4) is 0 Å². The van der Waals surface area contributed by atoms with Gasteiger partial charge in [-0.15, -0.1) is 0 Å². The molecule has 0 aliphatic rings. The van der Waals surface area contributed by atoms with Crippen molar-refractivity contribution in [2.45, 2.75) is 6.92 Å². The van der Waals surface area contributed by atoms with Crippen LogP contribution in [0.15, 0.2) is 12.7 Å². The highest BCUT2D eigenvalue weighted by molar-refractivity contribution is 5.79. The first kappa shape index (κ1) is 11.5. The largest absolute Gasteiger partial charge is 0.480 e. The molecule has 0 unspecified atom stereocenters. The van der Waals surface area contributed by atoms with Gasteiger partial charge in [-0.05, 0) is 6.92 Å². The van der Waals surface area contributed by atoms with Crippen LogP contribution in [0.4, 0.5) is 4.79 Å². The molecule has 74 valence electrons. The Morgan fingerprint density at radius 3 is 2.85 bits per heavy atom. The summed E-state index contributed by atoms with van der Waals surface area (Å²) in [6, 6.07) is 0. The van der Waals surface area contributed by atoms with E-state index in [0.29, 0.717) is 6.61 Å². The lowest BCUT2D eigenvalue weighted by Crippen LogP contribution is -2.30. The minimum Gasteiger partial charge on any atom is -0.480 e. The quantitative estimate of drug-likeness (QED) is 0.381. The van der Waals surface area contributed by atoms with Crippen LogP contribution in [0, 0.1) is 5.41 Å². The molecule has 0 heterocycles. The highest BCUT2D eigenvalue weighted by atomic mass is 16.5. The second-order valence-corrected chi connectivity index (χ2v) is 2.10. The Morgan fingerprint density at radius 2 is 2.31 bits per heavy atom. The first-order valence-electron chi connectivity index (χ1n) is 3.92. The molecule has 0 aromatic heterocycles. The fourth-order valence-corrected chi connectivity index (χ4v) is 0.563. The van der Waals surface area contributed by atoms with Gasteiger partial charge >= 0.3 is 6.09 Å². The lowest BCUT2D eigenvalue weighted by atomic mass is 10.6. The highest BCUT2D eigenvalue weighted by Gasteiger charge is 2.02.